The van der Waals surface area contributed by atoms with Crippen LogP contribution >= 0.6 is 0 Å². The fourth-order valence-electron chi connectivity index (χ4n) is 3.65. The highest BCUT2D eigenvalue weighted by molar-refractivity contribution is 5.90. The zero-order chi connectivity index (χ0) is 31.0. The molecule has 2 aromatic rings. The first-order chi connectivity index (χ1) is 19.3. The smallest absolute Gasteiger partial charge is 0.408 e. The molecule has 2 aromatic carbocycles. The van der Waals surface area contributed by atoms with Gasteiger partial charge in [-0.2, -0.15) is 0 Å². The summed E-state index contributed by atoms with van der Waals surface area (Å²) in [4.78, 5) is 37.0. The molecule has 0 fully saturated rings. The number of nitrogen functional groups attached to an aromatic ring is 1. The predicted molar refractivity (Wildman–Crippen MR) is 160 cm³/mol. The summed E-state index contributed by atoms with van der Waals surface area (Å²) in [5, 5.41) is 11.5. The summed E-state index contributed by atoms with van der Waals surface area (Å²) in [5.41, 5.74) is 7.05. The lowest BCUT2D eigenvalue weighted by Gasteiger charge is -2.25. The highest BCUT2D eigenvalue weighted by Crippen LogP contribution is 2.24. The second-order valence-electron chi connectivity index (χ2n) is 10.4. The molecule has 4 N–H and O–H groups in total. The van der Waals surface area contributed by atoms with Gasteiger partial charge in [0.25, 0.3) is 0 Å². The van der Waals surface area contributed by atoms with Crippen LogP contribution < -0.4 is 15.8 Å². The number of carbonyl (C=O) groups is 3. The van der Waals surface area contributed by atoms with Crippen molar-refractivity contribution in [1.29, 1.82) is 0 Å². The fourth-order valence-corrected chi connectivity index (χ4v) is 3.65. The molecular weight excluding hydrogens is 526 g/mol. The van der Waals surface area contributed by atoms with E-state index in [0.29, 0.717) is 23.6 Å². The minimum atomic E-state index is -1.09. The Labute approximate surface area is 244 Å². The number of esters is 1. The Morgan fingerprint density at radius 2 is 1.66 bits per heavy atom. The molecule has 0 saturated heterocycles. The van der Waals surface area contributed by atoms with Gasteiger partial charge in [0.2, 0.25) is 0 Å². The quantitative estimate of drug-likeness (QED) is 0.123. The van der Waals surface area contributed by atoms with Crippen LogP contribution in [0, 0.1) is 0 Å². The average Bonchev–Trinajstić information content (AvgIpc) is 2.90. The number of rotatable bonds is 13. The highest BCUT2D eigenvalue weighted by atomic mass is 16.6. The molecule has 0 bridgehead atoms. The van der Waals surface area contributed by atoms with Gasteiger partial charge in [-0.15, -0.1) is 0 Å². The van der Waals surface area contributed by atoms with E-state index in [2.05, 4.69) is 17.1 Å². The van der Waals surface area contributed by atoms with Crippen LogP contribution in [0.2, 0.25) is 0 Å². The SMILES string of the molecule is CC(C)(C)OC(=O)N[C@H](Cc1ccccc1)C(=O)O.CCCCOc1cc(C(=O)OC(C)N(CC)CC)ccc1N. The number of hydrogen-bond donors (Lipinski definition) is 3. The van der Waals surface area contributed by atoms with Crippen molar-refractivity contribution in [2.75, 3.05) is 25.4 Å². The lowest BCUT2D eigenvalue weighted by molar-refractivity contribution is -0.139. The van der Waals surface area contributed by atoms with Gasteiger partial charge in [0, 0.05) is 6.42 Å². The lowest BCUT2D eigenvalue weighted by Crippen LogP contribution is -2.44. The number of carboxylic acids is 1. The number of nitrogens with two attached hydrogens (primary N) is 1. The maximum atomic E-state index is 12.2. The van der Waals surface area contributed by atoms with Gasteiger partial charge in [-0.1, -0.05) is 57.5 Å². The second-order valence-corrected chi connectivity index (χ2v) is 10.4. The van der Waals surface area contributed by atoms with Gasteiger partial charge in [0.05, 0.1) is 17.9 Å². The number of alkyl carbamates (subject to hydrolysis) is 1. The predicted octanol–water partition coefficient (Wildman–Crippen LogP) is 5.50. The summed E-state index contributed by atoms with van der Waals surface area (Å²) in [7, 11) is 0. The van der Waals surface area contributed by atoms with E-state index in [9.17, 15) is 14.4 Å². The van der Waals surface area contributed by atoms with Crippen molar-refractivity contribution in [3.05, 3.63) is 59.7 Å². The summed E-state index contributed by atoms with van der Waals surface area (Å²) in [6.07, 6.45) is 1.23. The van der Waals surface area contributed by atoms with Gasteiger partial charge in [-0.05, 0) is 71.0 Å². The van der Waals surface area contributed by atoms with Gasteiger partial charge >= 0.3 is 18.0 Å². The Hall–Kier alpha value is -3.79. The number of unbranched alkanes of at least 4 members (excludes halogenated alkanes) is 1. The molecule has 10 heteroatoms. The van der Waals surface area contributed by atoms with Crippen LogP contribution in [0.25, 0.3) is 0 Å². The second kappa shape index (κ2) is 17.8. The summed E-state index contributed by atoms with van der Waals surface area (Å²) >= 11 is 0. The zero-order valence-electron chi connectivity index (χ0n) is 25.4. The van der Waals surface area contributed by atoms with Crippen molar-refractivity contribution in [1.82, 2.24) is 10.2 Å². The number of hydrogen-bond acceptors (Lipinski definition) is 8. The molecule has 1 unspecified atom stereocenters. The van der Waals surface area contributed by atoms with Crippen molar-refractivity contribution in [3.63, 3.8) is 0 Å². The van der Waals surface area contributed by atoms with Crippen molar-refractivity contribution < 1.29 is 33.7 Å². The Morgan fingerprint density at radius 3 is 2.20 bits per heavy atom. The molecule has 0 saturated carbocycles. The van der Waals surface area contributed by atoms with Crippen LogP contribution in [0.3, 0.4) is 0 Å². The van der Waals surface area contributed by atoms with Crippen LogP contribution in [0.4, 0.5) is 10.5 Å². The molecule has 0 aliphatic carbocycles. The molecule has 0 aliphatic heterocycles. The molecule has 41 heavy (non-hydrogen) atoms. The number of amides is 1. The van der Waals surface area contributed by atoms with E-state index in [1.165, 1.54) is 0 Å². The normalized spacial score (nSPS) is 12.4. The van der Waals surface area contributed by atoms with Gasteiger partial charge in [0.1, 0.15) is 17.4 Å². The molecule has 10 nitrogen and oxygen atoms in total. The number of carboxylic acid groups (broad SMARTS) is 1. The maximum absolute atomic E-state index is 12.2. The van der Waals surface area contributed by atoms with E-state index in [4.69, 9.17) is 25.1 Å². The summed E-state index contributed by atoms with van der Waals surface area (Å²) in [5.74, 6) is -0.909. The topological polar surface area (TPSA) is 140 Å². The molecule has 2 atom stereocenters. The number of anilines is 1. The molecule has 0 aromatic heterocycles. The summed E-state index contributed by atoms with van der Waals surface area (Å²) in [6, 6.07) is 13.1. The third kappa shape index (κ3) is 13.9. The Kier molecular flexibility index (Phi) is 15.3. The largest absolute Gasteiger partial charge is 0.491 e. The zero-order valence-corrected chi connectivity index (χ0v) is 25.4. The number of carbonyl (C=O) groups excluding carboxylic acids is 2. The van der Waals surface area contributed by atoms with Crippen LogP contribution in [0.1, 0.15) is 77.2 Å². The first kappa shape index (κ1) is 35.2. The molecule has 1 amide bonds. The third-order valence-corrected chi connectivity index (χ3v) is 5.88. The van der Waals surface area contributed by atoms with Crippen molar-refractivity contribution in [2.45, 2.75) is 85.6 Å². The van der Waals surface area contributed by atoms with E-state index in [1.807, 2.05) is 51.1 Å². The van der Waals surface area contributed by atoms with Gasteiger partial charge in [-0.25, -0.2) is 14.4 Å². The molecule has 0 heterocycles. The maximum Gasteiger partial charge on any atom is 0.408 e. The molecule has 0 aliphatic rings. The minimum absolute atomic E-state index is 0.218. The highest BCUT2D eigenvalue weighted by Gasteiger charge is 2.24. The minimum Gasteiger partial charge on any atom is -0.491 e. The first-order valence-corrected chi connectivity index (χ1v) is 14.0. The van der Waals surface area contributed by atoms with E-state index in [-0.39, 0.29) is 18.6 Å². The van der Waals surface area contributed by atoms with Gasteiger partial charge < -0.3 is 30.4 Å². The van der Waals surface area contributed by atoms with Gasteiger partial charge in [-0.3, -0.25) is 4.90 Å². The van der Waals surface area contributed by atoms with Crippen molar-refractivity contribution in [3.8, 4) is 5.75 Å². The fraction of sp³-hybridized carbons (Fsp3) is 0.516. The molecule has 228 valence electrons. The Morgan fingerprint density at radius 1 is 1.02 bits per heavy atom. The Bertz CT molecular complexity index is 1080. The van der Waals surface area contributed by atoms with Crippen LogP contribution in [-0.4, -0.2) is 65.6 Å². The summed E-state index contributed by atoms with van der Waals surface area (Å²) in [6.45, 7) is 15.5. The van der Waals surface area contributed by atoms with Crippen LogP contribution in [-0.2, 0) is 20.7 Å². The first-order valence-electron chi connectivity index (χ1n) is 14.0. The summed E-state index contributed by atoms with van der Waals surface area (Å²) < 4.78 is 16.2. The monoisotopic (exact) mass is 573 g/mol. The molecule has 0 radical (unpaired) electrons. The molecule has 2 rings (SSSR count). The number of nitrogens with one attached hydrogen (secondary N) is 1. The number of benzene rings is 2. The van der Waals surface area contributed by atoms with E-state index < -0.39 is 23.7 Å². The van der Waals surface area contributed by atoms with Gasteiger partial charge in [0.15, 0.2) is 6.23 Å². The molecular formula is C31H47N3O7. The van der Waals surface area contributed by atoms with Crippen molar-refractivity contribution in [2.24, 2.45) is 0 Å². The number of nitrogens with zero attached hydrogens (tertiary/aromatic N) is 1. The number of ether oxygens (including phenoxy) is 3. The van der Waals surface area contributed by atoms with E-state index in [1.54, 1.807) is 39.0 Å². The van der Waals surface area contributed by atoms with Crippen LogP contribution in [0.15, 0.2) is 48.5 Å². The standard InChI is InChI=1S/C17H28N2O3.C14H19NO4/c1-5-8-11-21-16-12-14(9-10-15(16)18)17(20)22-13(4)19(6-2)7-3;1-14(2,3)19-13(18)15-11(12(16)17)9-10-7-5-4-6-8-10/h9-10,12-13H,5-8,11,18H2,1-4H3;4-8,11H,9H2,1-3H3,(H,15,18)(H,16,17)/t;11-/m.1/s1. The Balaban J connectivity index is 0.000000414. The van der Waals surface area contributed by atoms with E-state index >= 15 is 0 Å². The van der Waals surface area contributed by atoms with Crippen LogP contribution in [0.5, 0.6) is 5.75 Å². The third-order valence-electron chi connectivity index (χ3n) is 5.88. The average molecular weight is 574 g/mol. The molecule has 0 spiro atoms. The van der Waals surface area contributed by atoms with E-state index in [0.717, 1.165) is 31.5 Å². The van der Waals surface area contributed by atoms with Crippen molar-refractivity contribution >= 4 is 23.7 Å². The number of aliphatic carboxylic acids is 1. The lowest BCUT2D eigenvalue weighted by atomic mass is 10.1.